The molecular formula is C19H21N3OS. The molecule has 2 atom stereocenters. The molecule has 1 N–H and O–H groups in total. The molecule has 1 heterocycles. The maximum Gasteiger partial charge on any atom is 0.234 e. The molecule has 1 amide bonds. The first-order chi connectivity index (χ1) is 11.5. The van der Waals surface area contributed by atoms with Crippen LogP contribution in [0.5, 0.6) is 0 Å². The lowest BCUT2D eigenvalue weighted by atomic mass is 10.1. The van der Waals surface area contributed by atoms with Gasteiger partial charge in [-0.05, 0) is 38.0 Å². The fourth-order valence-corrected chi connectivity index (χ4v) is 3.34. The van der Waals surface area contributed by atoms with Gasteiger partial charge in [-0.1, -0.05) is 49.0 Å². The van der Waals surface area contributed by atoms with Crippen LogP contribution in [0.4, 0.5) is 0 Å². The average Bonchev–Trinajstić information content (AvgIpc) is 2.60. The molecule has 0 aliphatic heterocycles. The molecule has 1 aromatic heterocycles. The SMILES string of the molecule is CC[C@H](Sc1nc(C)ccc1C#N)C(=O)N[C@H](C)c1ccccc1. The molecule has 0 bridgehead atoms. The highest BCUT2D eigenvalue weighted by molar-refractivity contribution is 8.00. The fraction of sp³-hybridized carbons (Fsp3) is 0.316. The van der Waals surface area contributed by atoms with Gasteiger partial charge in [0.2, 0.25) is 5.91 Å². The summed E-state index contributed by atoms with van der Waals surface area (Å²) in [5.41, 5.74) is 2.41. The van der Waals surface area contributed by atoms with E-state index in [4.69, 9.17) is 0 Å². The van der Waals surface area contributed by atoms with Crippen LogP contribution in [0, 0.1) is 18.3 Å². The molecule has 0 fully saturated rings. The minimum absolute atomic E-state index is 0.0361. The molecule has 0 aliphatic carbocycles. The number of nitriles is 1. The number of aryl methyl sites for hydroxylation is 1. The van der Waals surface area contributed by atoms with E-state index in [9.17, 15) is 10.1 Å². The number of carbonyl (C=O) groups is 1. The van der Waals surface area contributed by atoms with Gasteiger partial charge in [0.15, 0.2) is 0 Å². The second-order valence-electron chi connectivity index (χ2n) is 5.57. The van der Waals surface area contributed by atoms with Crippen molar-refractivity contribution < 1.29 is 4.79 Å². The first kappa shape index (κ1) is 18.0. The number of pyridine rings is 1. The van der Waals surface area contributed by atoms with E-state index in [2.05, 4.69) is 16.4 Å². The van der Waals surface area contributed by atoms with Crippen LogP contribution in [0.3, 0.4) is 0 Å². The molecule has 0 spiro atoms. The second kappa shape index (κ2) is 8.51. The molecule has 2 rings (SSSR count). The second-order valence-corrected chi connectivity index (χ2v) is 6.76. The average molecular weight is 339 g/mol. The Labute approximate surface area is 147 Å². The van der Waals surface area contributed by atoms with Gasteiger partial charge >= 0.3 is 0 Å². The maximum absolute atomic E-state index is 12.6. The number of amides is 1. The third-order valence-corrected chi connectivity index (χ3v) is 5.06. The number of rotatable bonds is 6. The number of thioether (sulfide) groups is 1. The normalized spacial score (nSPS) is 12.9. The Morgan fingerprint density at radius 3 is 2.62 bits per heavy atom. The number of carbonyl (C=O) groups excluding carboxylic acids is 1. The minimum atomic E-state index is -0.280. The molecule has 0 aliphatic rings. The van der Waals surface area contributed by atoms with Crippen molar-refractivity contribution in [3.8, 4) is 6.07 Å². The number of hydrogen-bond acceptors (Lipinski definition) is 4. The van der Waals surface area contributed by atoms with Gasteiger partial charge in [-0.25, -0.2) is 4.98 Å². The van der Waals surface area contributed by atoms with E-state index in [0.717, 1.165) is 11.3 Å². The van der Waals surface area contributed by atoms with Gasteiger partial charge in [-0.3, -0.25) is 4.79 Å². The topological polar surface area (TPSA) is 65.8 Å². The zero-order valence-corrected chi connectivity index (χ0v) is 14.9. The minimum Gasteiger partial charge on any atom is -0.349 e. The van der Waals surface area contributed by atoms with Gasteiger partial charge < -0.3 is 5.32 Å². The third kappa shape index (κ3) is 4.59. The quantitative estimate of drug-likeness (QED) is 0.808. The van der Waals surface area contributed by atoms with Crippen molar-refractivity contribution in [2.45, 2.75) is 43.5 Å². The Balaban J connectivity index is 2.10. The zero-order chi connectivity index (χ0) is 17.5. The van der Waals surface area contributed by atoms with Crippen molar-refractivity contribution in [2.75, 3.05) is 0 Å². The molecule has 2 aromatic rings. The summed E-state index contributed by atoms with van der Waals surface area (Å²) in [7, 11) is 0. The maximum atomic E-state index is 12.6. The summed E-state index contributed by atoms with van der Waals surface area (Å²) in [5.74, 6) is -0.0361. The van der Waals surface area contributed by atoms with Crippen LogP contribution in [0.15, 0.2) is 47.5 Å². The van der Waals surface area contributed by atoms with E-state index in [-0.39, 0.29) is 17.2 Å². The number of nitrogens with one attached hydrogen (secondary N) is 1. The summed E-state index contributed by atoms with van der Waals surface area (Å²) >= 11 is 1.35. The largest absolute Gasteiger partial charge is 0.349 e. The molecule has 0 radical (unpaired) electrons. The smallest absolute Gasteiger partial charge is 0.234 e. The van der Waals surface area contributed by atoms with E-state index >= 15 is 0 Å². The van der Waals surface area contributed by atoms with Crippen LogP contribution in [0.25, 0.3) is 0 Å². The van der Waals surface area contributed by atoms with Crippen LogP contribution in [0.1, 0.15) is 43.1 Å². The van der Waals surface area contributed by atoms with Crippen molar-refractivity contribution in [3.63, 3.8) is 0 Å². The third-order valence-electron chi connectivity index (χ3n) is 3.70. The number of hydrogen-bond donors (Lipinski definition) is 1. The van der Waals surface area contributed by atoms with Gasteiger partial charge in [0.05, 0.1) is 16.9 Å². The Hall–Kier alpha value is -2.32. The Morgan fingerprint density at radius 2 is 2.00 bits per heavy atom. The van der Waals surface area contributed by atoms with Crippen molar-refractivity contribution in [1.29, 1.82) is 5.26 Å². The molecular weight excluding hydrogens is 318 g/mol. The van der Waals surface area contributed by atoms with Gasteiger partial charge in [0, 0.05) is 5.69 Å². The number of aromatic nitrogens is 1. The predicted octanol–water partition coefficient (Wildman–Crippen LogP) is 4.01. The highest BCUT2D eigenvalue weighted by atomic mass is 32.2. The Morgan fingerprint density at radius 1 is 1.29 bits per heavy atom. The molecule has 124 valence electrons. The van der Waals surface area contributed by atoms with Crippen molar-refractivity contribution in [1.82, 2.24) is 10.3 Å². The van der Waals surface area contributed by atoms with Crippen LogP contribution in [-0.2, 0) is 4.79 Å². The van der Waals surface area contributed by atoms with Crippen LogP contribution in [0.2, 0.25) is 0 Å². The standard InChI is InChI=1S/C19H21N3OS/c1-4-17(24-19-16(12-20)11-10-13(2)21-19)18(23)22-14(3)15-8-6-5-7-9-15/h5-11,14,17H,4H2,1-3H3,(H,22,23)/t14-,17+/m1/s1. The first-order valence-corrected chi connectivity index (χ1v) is 8.82. The molecule has 0 saturated carbocycles. The van der Waals surface area contributed by atoms with Crippen LogP contribution in [-0.4, -0.2) is 16.1 Å². The number of nitrogens with zero attached hydrogens (tertiary/aromatic N) is 2. The lowest BCUT2D eigenvalue weighted by Gasteiger charge is -2.19. The summed E-state index contributed by atoms with van der Waals surface area (Å²) in [6, 6.07) is 15.5. The van der Waals surface area contributed by atoms with Gasteiger partial charge in [-0.2, -0.15) is 5.26 Å². The number of benzene rings is 1. The van der Waals surface area contributed by atoms with E-state index < -0.39 is 0 Å². The van der Waals surface area contributed by atoms with E-state index in [1.54, 1.807) is 12.1 Å². The summed E-state index contributed by atoms with van der Waals surface area (Å²) in [4.78, 5) is 17.0. The van der Waals surface area contributed by atoms with Crippen LogP contribution < -0.4 is 5.32 Å². The van der Waals surface area contributed by atoms with Gasteiger partial charge in [0.1, 0.15) is 11.1 Å². The van der Waals surface area contributed by atoms with Gasteiger partial charge in [0.25, 0.3) is 0 Å². The van der Waals surface area contributed by atoms with E-state index in [1.807, 2.05) is 51.1 Å². The molecule has 1 aromatic carbocycles. The first-order valence-electron chi connectivity index (χ1n) is 7.94. The summed E-state index contributed by atoms with van der Waals surface area (Å²) in [6.07, 6.45) is 0.665. The predicted molar refractivity (Wildman–Crippen MR) is 96.6 cm³/mol. The van der Waals surface area contributed by atoms with Crippen LogP contribution >= 0.6 is 11.8 Å². The lowest BCUT2D eigenvalue weighted by Crippen LogP contribution is -2.34. The lowest BCUT2D eigenvalue weighted by molar-refractivity contribution is -0.121. The molecule has 24 heavy (non-hydrogen) atoms. The van der Waals surface area contributed by atoms with Crippen molar-refractivity contribution in [3.05, 3.63) is 59.3 Å². The highest BCUT2D eigenvalue weighted by Gasteiger charge is 2.22. The highest BCUT2D eigenvalue weighted by Crippen LogP contribution is 2.27. The van der Waals surface area contributed by atoms with Crippen molar-refractivity contribution >= 4 is 17.7 Å². The summed E-state index contributed by atoms with van der Waals surface area (Å²) < 4.78 is 0. The molecule has 5 heteroatoms. The van der Waals surface area contributed by atoms with Gasteiger partial charge in [-0.15, -0.1) is 0 Å². The van der Waals surface area contributed by atoms with Crippen molar-refractivity contribution in [2.24, 2.45) is 0 Å². The monoisotopic (exact) mass is 339 g/mol. The Kier molecular flexibility index (Phi) is 6.39. The molecule has 4 nitrogen and oxygen atoms in total. The summed E-state index contributed by atoms with van der Waals surface area (Å²) in [5, 5.41) is 12.6. The Bertz CT molecular complexity index is 740. The van der Waals surface area contributed by atoms with E-state index in [0.29, 0.717) is 17.0 Å². The zero-order valence-electron chi connectivity index (χ0n) is 14.1. The summed E-state index contributed by atoms with van der Waals surface area (Å²) in [6.45, 7) is 5.81. The molecule has 0 unspecified atom stereocenters. The molecule has 0 saturated heterocycles. The fourth-order valence-electron chi connectivity index (χ4n) is 2.30. The van der Waals surface area contributed by atoms with E-state index in [1.165, 1.54) is 11.8 Å².